The van der Waals surface area contributed by atoms with Crippen LogP contribution in [0, 0.1) is 0 Å². The van der Waals surface area contributed by atoms with Crippen molar-refractivity contribution >= 4 is 29.3 Å². The standard InChI is InChI=1S/C24H23NOS/c1-26-24-14-13-20(25-27-2)15-19(24)16-23-21-9-5-3-7-17(21)11-12-18-8-4-6-10-22(18)23/h3-10,13-16,25H,11-12H2,1-2H3. The number of nitrogens with one attached hydrogen (secondary N) is 1. The maximum atomic E-state index is 5.65. The minimum atomic E-state index is 0.883. The molecule has 3 aromatic carbocycles. The van der Waals surface area contributed by atoms with Gasteiger partial charge in [-0.2, -0.15) is 0 Å². The predicted molar refractivity (Wildman–Crippen MR) is 117 cm³/mol. The van der Waals surface area contributed by atoms with Crippen LogP contribution in [0.5, 0.6) is 5.75 Å². The molecule has 0 aliphatic heterocycles. The van der Waals surface area contributed by atoms with Crippen molar-refractivity contribution in [2.45, 2.75) is 12.8 Å². The van der Waals surface area contributed by atoms with Gasteiger partial charge in [-0.1, -0.05) is 60.5 Å². The molecule has 0 fully saturated rings. The quantitative estimate of drug-likeness (QED) is 0.561. The van der Waals surface area contributed by atoms with E-state index in [1.807, 2.05) is 18.4 Å². The predicted octanol–water partition coefficient (Wildman–Crippen LogP) is 6.07. The average molecular weight is 374 g/mol. The van der Waals surface area contributed by atoms with Crippen LogP contribution in [0.25, 0.3) is 11.6 Å². The van der Waals surface area contributed by atoms with Gasteiger partial charge < -0.3 is 9.46 Å². The van der Waals surface area contributed by atoms with Crippen molar-refractivity contribution in [3.05, 3.63) is 94.5 Å². The molecule has 0 unspecified atom stereocenters. The molecule has 136 valence electrons. The van der Waals surface area contributed by atoms with E-state index in [4.69, 9.17) is 4.74 Å². The van der Waals surface area contributed by atoms with Crippen LogP contribution in [0.1, 0.15) is 27.8 Å². The van der Waals surface area contributed by atoms with E-state index in [-0.39, 0.29) is 0 Å². The summed E-state index contributed by atoms with van der Waals surface area (Å²) in [5, 5.41) is 0. The number of rotatable bonds is 4. The molecule has 0 heterocycles. The van der Waals surface area contributed by atoms with Crippen LogP contribution in [-0.4, -0.2) is 13.4 Å². The van der Waals surface area contributed by atoms with Crippen molar-refractivity contribution < 1.29 is 4.74 Å². The fourth-order valence-corrected chi connectivity index (χ4v) is 4.12. The van der Waals surface area contributed by atoms with E-state index in [1.165, 1.54) is 27.8 Å². The van der Waals surface area contributed by atoms with Gasteiger partial charge >= 0.3 is 0 Å². The highest BCUT2D eigenvalue weighted by Gasteiger charge is 2.18. The summed E-state index contributed by atoms with van der Waals surface area (Å²) in [6.45, 7) is 0. The van der Waals surface area contributed by atoms with Gasteiger partial charge in [-0.3, -0.25) is 0 Å². The van der Waals surface area contributed by atoms with Gasteiger partial charge in [-0.25, -0.2) is 0 Å². The lowest BCUT2D eigenvalue weighted by molar-refractivity contribution is 0.414. The Morgan fingerprint density at radius 2 is 1.52 bits per heavy atom. The van der Waals surface area contributed by atoms with Crippen LogP contribution >= 0.6 is 11.9 Å². The van der Waals surface area contributed by atoms with Gasteiger partial charge in [-0.15, -0.1) is 0 Å². The second-order valence-corrected chi connectivity index (χ2v) is 7.25. The van der Waals surface area contributed by atoms with E-state index in [2.05, 4.69) is 65.4 Å². The van der Waals surface area contributed by atoms with Crippen LogP contribution < -0.4 is 9.46 Å². The monoisotopic (exact) mass is 373 g/mol. The van der Waals surface area contributed by atoms with Crippen molar-refractivity contribution in [3.8, 4) is 5.75 Å². The van der Waals surface area contributed by atoms with E-state index in [0.29, 0.717) is 0 Å². The summed E-state index contributed by atoms with van der Waals surface area (Å²) >= 11 is 1.59. The largest absolute Gasteiger partial charge is 0.496 e. The molecule has 0 aromatic heterocycles. The lowest BCUT2D eigenvalue weighted by Crippen LogP contribution is -1.94. The summed E-state index contributed by atoms with van der Waals surface area (Å²) in [5.41, 5.74) is 8.84. The molecule has 3 aromatic rings. The summed E-state index contributed by atoms with van der Waals surface area (Å²) in [6.07, 6.45) is 6.43. The minimum absolute atomic E-state index is 0.883. The smallest absolute Gasteiger partial charge is 0.126 e. The van der Waals surface area contributed by atoms with Gasteiger partial charge in [0.1, 0.15) is 5.75 Å². The summed E-state index contributed by atoms with van der Waals surface area (Å²) in [4.78, 5) is 0. The van der Waals surface area contributed by atoms with Gasteiger partial charge in [-0.05, 0) is 64.9 Å². The third-order valence-corrected chi connectivity index (χ3v) is 5.47. The summed E-state index contributed by atoms with van der Waals surface area (Å²) in [6, 6.07) is 23.7. The molecule has 4 rings (SSSR count). The Morgan fingerprint density at radius 1 is 0.889 bits per heavy atom. The average Bonchev–Trinajstić information content (AvgIpc) is 2.86. The molecular weight excluding hydrogens is 350 g/mol. The molecule has 2 nitrogen and oxygen atoms in total. The molecule has 27 heavy (non-hydrogen) atoms. The first-order chi connectivity index (χ1) is 13.3. The molecule has 0 atom stereocenters. The molecule has 0 bridgehead atoms. The van der Waals surface area contributed by atoms with E-state index in [9.17, 15) is 0 Å². The van der Waals surface area contributed by atoms with Gasteiger partial charge in [0.2, 0.25) is 0 Å². The number of hydrogen-bond acceptors (Lipinski definition) is 3. The maximum absolute atomic E-state index is 5.65. The first kappa shape index (κ1) is 17.7. The number of hydrogen-bond donors (Lipinski definition) is 1. The first-order valence-electron chi connectivity index (χ1n) is 9.15. The molecule has 3 heteroatoms. The highest BCUT2D eigenvalue weighted by Crippen LogP contribution is 2.37. The van der Waals surface area contributed by atoms with Crippen LogP contribution in [0.4, 0.5) is 5.69 Å². The molecular formula is C24H23NOS. The first-order valence-corrected chi connectivity index (χ1v) is 10.4. The Kier molecular flexibility index (Phi) is 5.21. The number of ether oxygens (including phenoxy) is 1. The zero-order valence-electron chi connectivity index (χ0n) is 15.7. The Balaban J connectivity index is 1.94. The second kappa shape index (κ2) is 7.93. The number of methoxy groups -OCH3 is 1. The van der Waals surface area contributed by atoms with E-state index < -0.39 is 0 Å². The van der Waals surface area contributed by atoms with Crippen LogP contribution in [-0.2, 0) is 12.8 Å². The van der Waals surface area contributed by atoms with E-state index in [1.54, 1.807) is 19.1 Å². The second-order valence-electron chi connectivity index (χ2n) is 6.64. The van der Waals surface area contributed by atoms with Crippen molar-refractivity contribution in [2.75, 3.05) is 18.1 Å². The summed E-state index contributed by atoms with van der Waals surface area (Å²) in [5.74, 6) is 0.883. The van der Waals surface area contributed by atoms with E-state index >= 15 is 0 Å². The van der Waals surface area contributed by atoms with Crippen molar-refractivity contribution in [1.29, 1.82) is 0 Å². The van der Waals surface area contributed by atoms with Crippen LogP contribution in [0.15, 0.2) is 66.7 Å². The zero-order valence-corrected chi connectivity index (χ0v) is 16.5. The van der Waals surface area contributed by atoms with Gasteiger partial charge in [0, 0.05) is 17.5 Å². The zero-order chi connectivity index (χ0) is 18.6. The summed E-state index contributed by atoms with van der Waals surface area (Å²) < 4.78 is 8.97. The molecule has 0 saturated carbocycles. The fraction of sp³-hybridized carbons (Fsp3) is 0.167. The highest BCUT2D eigenvalue weighted by atomic mass is 32.2. The molecule has 0 radical (unpaired) electrons. The Hall–Kier alpha value is -2.65. The Labute approximate surface area is 165 Å². The molecule has 0 amide bonds. The van der Waals surface area contributed by atoms with Crippen LogP contribution in [0.3, 0.4) is 0 Å². The lowest BCUT2D eigenvalue weighted by Gasteiger charge is -2.14. The topological polar surface area (TPSA) is 21.3 Å². The van der Waals surface area contributed by atoms with Gasteiger partial charge in [0.05, 0.1) is 7.11 Å². The third kappa shape index (κ3) is 3.60. The molecule has 0 saturated heterocycles. The Bertz CT molecular complexity index is 944. The minimum Gasteiger partial charge on any atom is -0.496 e. The number of aryl methyl sites for hydroxylation is 2. The number of fused-ring (bicyclic) bond motifs is 2. The molecule has 1 aliphatic rings. The fourth-order valence-electron chi connectivity index (χ4n) is 3.76. The molecule has 1 aliphatic carbocycles. The lowest BCUT2D eigenvalue weighted by atomic mass is 9.92. The van der Waals surface area contributed by atoms with Crippen LogP contribution in [0.2, 0.25) is 0 Å². The van der Waals surface area contributed by atoms with Gasteiger partial charge in [0.25, 0.3) is 0 Å². The molecule has 0 spiro atoms. The normalized spacial score (nSPS) is 12.6. The van der Waals surface area contributed by atoms with Crippen molar-refractivity contribution in [3.63, 3.8) is 0 Å². The van der Waals surface area contributed by atoms with Gasteiger partial charge in [0.15, 0.2) is 0 Å². The Morgan fingerprint density at radius 3 is 2.11 bits per heavy atom. The van der Waals surface area contributed by atoms with Crippen molar-refractivity contribution in [2.24, 2.45) is 0 Å². The SMILES string of the molecule is COc1ccc(NSC)cc1C=C1c2ccccc2CCc2ccccc21. The highest BCUT2D eigenvalue weighted by molar-refractivity contribution is 7.99. The molecule has 1 N–H and O–H groups in total. The van der Waals surface area contributed by atoms with E-state index in [0.717, 1.165) is 29.8 Å². The number of anilines is 1. The number of benzene rings is 3. The maximum Gasteiger partial charge on any atom is 0.126 e. The summed E-state index contributed by atoms with van der Waals surface area (Å²) in [7, 11) is 1.73. The van der Waals surface area contributed by atoms with Crippen molar-refractivity contribution in [1.82, 2.24) is 0 Å². The third-order valence-electron chi connectivity index (χ3n) is 5.03.